The highest BCUT2D eigenvalue weighted by atomic mass is 32.1. The van der Waals surface area contributed by atoms with Gasteiger partial charge in [0.05, 0.1) is 0 Å². The standard InChI is InChI=1S/C12H15N3OS/c16-8-9-3-4-12-13-11(14-15(12)7-9)6-10-2-1-5-17-10/h1-2,5,9,16H,3-4,6-8H2. The number of hydrogen-bond donors (Lipinski definition) is 1. The number of hydrogen-bond acceptors (Lipinski definition) is 4. The Kier molecular flexibility index (Phi) is 2.94. The summed E-state index contributed by atoms with van der Waals surface area (Å²) >= 11 is 1.74. The van der Waals surface area contributed by atoms with Crippen LogP contribution in [-0.4, -0.2) is 26.5 Å². The molecule has 0 bridgehead atoms. The molecule has 0 amide bonds. The molecule has 3 heterocycles. The molecule has 2 aromatic heterocycles. The van der Waals surface area contributed by atoms with Crippen LogP contribution in [0.1, 0.15) is 22.9 Å². The summed E-state index contributed by atoms with van der Waals surface area (Å²) < 4.78 is 1.97. The van der Waals surface area contributed by atoms with Crippen LogP contribution in [0.25, 0.3) is 0 Å². The van der Waals surface area contributed by atoms with Crippen LogP contribution in [0.4, 0.5) is 0 Å². The van der Waals surface area contributed by atoms with Crippen molar-refractivity contribution >= 4 is 11.3 Å². The maximum Gasteiger partial charge on any atom is 0.156 e. The van der Waals surface area contributed by atoms with E-state index in [9.17, 15) is 5.11 Å². The summed E-state index contributed by atoms with van der Waals surface area (Å²) in [7, 11) is 0. The Morgan fingerprint density at radius 2 is 2.47 bits per heavy atom. The van der Waals surface area contributed by atoms with Crippen molar-refractivity contribution in [1.82, 2.24) is 14.8 Å². The van der Waals surface area contributed by atoms with E-state index in [2.05, 4.69) is 27.6 Å². The summed E-state index contributed by atoms with van der Waals surface area (Å²) in [5, 5.41) is 15.8. The number of aryl methyl sites for hydroxylation is 1. The number of rotatable bonds is 3. The molecule has 1 unspecified atom stereocenters. The molecule has 1 N–H and O–H groups in total. The van der Waals surface area contributed by atoms with E-state index in [0.29, 0.717) is 5.92 Å². The molecule has 90 valence electrons. The summed E-state index contributed by atoms with van der Waals surface area (Å²) in [6.45, 7) is 1.06. The molecule has 0 aromatic carbocycles. The van der Waals surface area contributed by atoms with Gasteiger partial charge in [-0.05, 0) is 17.9 Å². The van der Waals surface area contributed by atoms with Crippen molar-refractivity contribution in [3.63, 3.8) is 0 Å². The molecule has 1 aliphatic heterocycles. The second-order valence-corrected chi connectivity index (χ2v) is 5.50. The minimum atomic E-state index is 0.250. The van der Waals surface area contributed by atoms with Crippen molar-refractivity contribution in [1.29, 1.82) is 0 Å². The van der Waals surface area contributed by atoms with Gasteiger partial charge in [0.15, 0.2) is 5.82 Å². The zero-order valence-electron chi connectivity index (χ0n) is 9.54. The zero-order valence-corrected chi connectivity index (χ0v) is 10.4. The van der Waals surface area contributed by atoms with Crippen LogP contribution in [0.3, 0.4) is 0 Å². The largest absolute Gasteiger partial charge is 0.396 e. The van der Waals surface area contributed by atoms with E-state index in [1.807, 2.05) is 4.68 Å². The van der Waals surface area contributed by atoms with Crippen LogP contribution in [0.5, 0.6) is 0 Å². The minimum absolute atomic E-state index is 0.250. The van der Waals surface area contributed by atoms with Crippen molar-refractivity contribution in [2.75, 3.05) is 6.61 Å². The van der Waals surface area contributed by atoms with E-state index in [1.54, 1.807) is 11.3 Å². The third-order valence-electron chi connectivity index (χ3n) is 3.17. The van der Waals surface area contributed by atoms with E-state index in [0.717, 1.165) is 37.5 Å². The van der Waals surface area contributed by atoms with Crippen molar-refractivity contribution in [2.45, 2.75) is 25.8 Å². The van der Waals surface area contributed by atoms with Crippen molar-refractivity contribution in [2.24, 2.45) is 5.92 Å². The Morgan fingerprint density at radius 1 is 1.53 bits per heavy atom. The Balaban J connectivity index is 1.78. The summed E-state index contributed by atoms with van der Waals surface area (Å²) in [6, 6.07) is 4.17. The van der Waals surface area contributed by atoms with Gasteiger partial charge < -0.3 is 5.11 Å². The lowest BCUT2D eigenvalue weighted by Gasteiger charge is -2.19. The number of fused-ring (bicyclic) bond motifs is 1. The van der Waals surface area contributed by atoms with Gasteiger partial charge in [0.2, 0.25) is 0 Å². The summed E-state index contributed by atoms with van der Waals surface area (Å²) in [6.07, 6.45) is 2.78. The second-order valence-electron chi connectivity index (χ2n) is 4.47. The minimum Gasteiger partial charge on any atom is -0.396 e. The maximum absolute atomic E-state index is 9.17. The van der Waals surface area contributed by atoms with E-state index in [4.69, 9.17) is 0 Å². The van der Waals surface area contributed by atoms with Crippen LogP contribution < -0.4 is 0 Å². The fraction of sp³-hybridized carbons (Fsp3) is 0.500. The summed E-state index contributed by atoms with van der Waals surface area (Å²) in [5.74, 6) is 2.32. The Hall–Kier alpha value is -1.20. The van der Waals surface area contributed by atoms with E-state index in [-0.39, 0.29) is 6.61 Å². The first-order chi connectivity index (χ1) is 8.35. The summed E-state index contributed by atoms with van der Waals surface area (Å²) in [5.41, 5.74) is 0. The van der Waals surface area contributed by atoms with Crippen LogP contribution >= 0.6 is 11.3 Å². The third kappa shape index (κ3) is 2.25. The number of aromatic nitrogens is 3. The topological polar surface area (TPSA) is 50.9 Å². The van der Waals surface area contributed by atoms with Gasteiger partial charge in [0, 0.05) is 36.8 Å². The molecule has 5 heteroatoms. The first-order valence-electron chi connectivity index (χ1n) is 5.91. The molecule has 0 saturated heterocycles. The fourth-order valence-electron chi connectivity index (χ4n) is 2.22. The average molecular weight is 249 g/mol. The molecular weight excluding hydrogens is 234 g/mol. The van der Waals surface area contributed by atoms with Crippen molar-refractivity contribution in [3.8, 4) is 0 Å². The van der Waals surface area contributed by atoms with Gasteiger partial charge in [-0.15, -0.1) is 11.3 Å². The predicted molar refractivity (Wildman–Crippen MR) is 66.0 cm³/mol. The normalized spacial score (nSPS) is 19.2. The lowest BCUT2D eigenvalue weighted by molar-refractivity contribution is 0.185. The lowest BCUT2D eigenvalue weighted by Crippen LogP contribution is -2.23. The molecule has 0 spiro atoms. The Labute approximate surface area is 104 Å². The smallest absolute Gasteiger partial charge is 0.156 e. The number of aliphatic hydroxyl groups is 1. The number of aliphatic hydroxyl groups excluding tert-OH is 1. The molecule has 0 radical (unpaired) electrons. The van der Waals surface area contributed by atoms with Crippen LogP contribution in [0.2, 0.25) is 0 Å². The molecular formula is C12H15N3OS. The average Bonchev–Trinajstić information content (AvgIpc) is 2.96. The Bertz CT molecular complexity index is 492. The van der Waals surface area contributed by atoms with Crippen LogP contribution in [0.15, 0.2) is 17.5 Å². The molecule has 0 aliphatic carbocycles. The molecule has 1 atom stereocenters. The van der Waals surface area contributed by atoms with E-state index in [1.165, 1.54) is 4.88 Å². The van der Waals surface area contributed by atoms with Gasteiger partial charge in [-0.2, -0.15) is 5.10 Å². The van der Waals surface area contributed by atoms with Crippen LogP contribution in [0, 0.1) is 5.92 Å². The molecule has 17 heavy (non-hydrogen) atoms. The van der Waals surface area contributed by atoms with Crippen molar-refractivity contribution < 1.29 is 5.11 Å². The first-order valence-corrected chi connectivity index (χ1v) is 6.79. The van der Waals surface area contributed by atoms with E-state index >= 15 is 0 Å². The zero-order chi connectivity index (χ0) is 11.7. The highest BCUT2D eigenvalue weighted by molar-refractivity contribution is 7.09. The molecule has 0 fully saturated rings. The molecule has 3 rings (SSSR count). The number of nitrogens with zero attached hydrogens (tertiary/aromatic N) is 3. The number of thiophene rings is 1. The highest BCUT2D eigenvalue weighted by Crippen LogP contribution is 2.19. The van der Waals surface area contributed by atoms with Crippen LogP contribution in [-0.2, 0) is 19.4 Å². The molecule has 2 aromatic rings. The predicted octanol–water partition coefficient (Wildman–Crippen LogP) is 1.49. The molecule has 4 nitrogen and oxygen atoms in total. The van der Waals surface area contributed by atoms with Gasteiger partial charge in [-0.3, -0.25) is 0 Å². The Morgan fingerprint density at radius 3 is 3.24 bits per heavy atom. The first kappa shape index (κ1) is 10.9. The summed E-state index contributed by atoms with van der Waals surface area (Å²) in [4.78, 5) is 5.87. The monoisotopic (exact) mass is 249 g/mol. The quantitative estimate of drug-likeness (QED) is 0.896. The lowest BCUT2D eigenvalue weighted by atomic mass is 10.0. The maximum atomic E-state index is 9.17. The van der Waals surface area contributed by atoms with Gasteiger partial charge in [0.25, 0.3) is 0 Å². The van der Waals surface area contributed by atoms with E-state index < -0.39 is 0 Å². The second kappa shape index (κ2) is 4.58. The highest BCUT2D eigenvalue weighted by Gasteiger charge is 2.20. The van der Waals surface area contributed by atoms with Gasteiger partial charge >= 0.3 is 0 Å². The SMILES string of the molecule is OCC1CCc2nc(Cc3cccs3)nn2C1. The fourth-order valence-corrected chi connectivity index (χ4v) is 2.92. The van der Waals surface area contributed by atoms with Crippen molar-refractivity contribution in [3.05, 3.63) is 34.0 Å². The third-order valence-corrected chi connectivity index (χ3v) is 4.05. The van der Waals surface area contributed by atoms with Gasteiger partial charge in [-0.1, -0.05) is 6.07 Å². The van der Waals surface area contributed by atoms with Gasteiger partial charge in [0.1, 0.15) is 5.82 Å². The van der Waals surface area contributed by atoms with Gasteiger partial charge in [-0.25, -0.2) is 9.67 Å². The molecule has 1 aliphatic rings. The molecule has 0 saturated carbocycles.